The van der Waals surface area contributed by atoms with Gasteiger partial charge in [0.05, 0.1) is 5.41 Å². The summed E-state index contributed by atoms with van der Waals surface area (Å²) in [5.41, 5.74) is 1.05. The second-order valence-electron chi connectivity index (χ2n) is 4.23. The molecule has 14 heavy (non-hydrogen) atoms. The van der Waals surface area contributed by atoms with Crippen molar-refractivity contribution >= 4 is 5.91 Å². The molecule has 1 fully saturated rings. The maximum atomic E-state index is 11.6. The summed E-state index contributed by atoms with van der Waals surface area (Å²) in [7, 11) is 0. The quantitative estimate of drug-likeness (QED) is 0.754. The van der Waals surface area contributed by atoms with E-state index in [0.29, 0.717) is 0 Å². The standard InChI is InChI=1S/C12H15NO/c1-12(7-8-13-11(12)14)9-10-5-3-2-4-6-10/h2-6H,7-9H2,1H3,(H,13,14). The first-order chi connectivity index (χ1) is 6.71. The van der Waals surface area contributed by atoms with Crippen LogP contribution in [0.5, 0.6) is 0 Å². The lowest BCUT2D eigenvalue weighted by Gasteiger charge is -2.20. The molecule has 1 amide bonds. The van der Waals surface area contributed by atoms with Crippen LogP contribution in [-0.4, -0.2) is 12.5 Å². The van der Waals surface area contributed by atoms with Crippen molar-refractivity contribution in [1.82, 2.24) is 5.32 Å². The van der Waals surface area contributed by atoms with Crippen LogP contribution in [0.4, 0.5) is 0 Å². The van der Waals surface area contributed by atoms with Gasteiger partial charge in [-0.3, -0.25) is 4.79 Å². The Morgan fingerprint density at radius 1 is 1.36 bits per heavy atom. The summed E-state index contributed by atoms with van der Waals surface area (Å²) in [5.74, 6) is 0.196. The summed E-state index contributed by atoms with van der Waals surface area (Å²) in [5, 5.41) is 2.89. The molecule has 1 N–H and O–H groups in total. The molecule has 2 heteroatoms. The zero-order chi connectivity index (χ0) is 10.0. The number of rotatable bonds is 2. The lowest BCUT2D eigenvalue weighted by Crippen LogP contribution is -2.30. The van der Waals surface area contributed by atoms with E-state index in [0.717, 1.165) is 19.4 Å². The molecule has 0 aliphatic carbocycles. The van der Waals surface area contributed by atoms with E-state index in [4.69, 9.17) is 0 Å². The number of hydrogen-bond acceptors (Lipinski definition) is 1. The fraction of sp³-hybridized carbons (Fsp3) is 0.417. The first-order valence-corrected chi connectivity index (χ1v) is 5.03. The molecule has 1 aliphatic rings. The normalized spacial score (nSPS) is 26.2. The predicted octanol–water partition coefficient (Wildman–Crippen LogP) is 1.76. The average Bonchev–Trinajstić information content (AvgIpc) is 2.48. The van der Waals surface area contributed by atoms with Gasteiger partial charge in [-0.2, -0.15) is 0 Å². The van der Waals surface area contributed by atoms with Gasteiger partial charge in [-0.1, -0.05) is 37.3 Å². The van der Waals surface area contributed by atoms with Gasteiger partial charge in [0.1, 0.15) is 0 Å². The van der Waals surface area contributed by atoms with Crippen molar-refractivity contribution in [2.45, 2.75) is 19.8 Å². The molecule has 0 spiro atoms. The Morgan fingerprint density at radius 2 is 2.07 bits per heavy atom. The van der Waals surface area contributed by atoms with Gasteiger partial charge in [-0.15, -0.1) is 0 Å². The van der Waals surface area contributed by atoms with Crippen LogP contribution in [-0.2, 0) is 11.2 Å². The van der Waals surface area contributed by atoms with Crippen molar-refractivity contribution in [2.75, 3.05) is 6.54 Å². The molecule has 1 aromatic carbocycles. The van der Waals surface area contributed by atoms with Crippen molar-refractivity contribution in [3.05, 3.63) is 35.9 Å². The summed E-state index contributed by atoms with van der Waals surface area (Å²) in [6, 6.07) is 10.2. The van der Waals surface area contributed by atoms with Gasteiger partial charge >= 0.3 is 0 Å². The number of benzene rings is 1. The maximum absolute atomic E-state index is 11.6. The van der Waals surface area contributed by atoms with Crippen LogP contribution in [0.25, 0.3) is 0 Å². The van der Waals surface area contributed by atoms with Crippen molar-refractivity contribution in [2.24, 2.45) is 5.41 Å². The van der Waals surface area contributed by atoms with Gasteiger partial charge < -0.3 is 5.32 Å². The molecule has 1 aliphatic heterocycles. The second-order valence-corrected chi connectivity index (χ2v) is 4.23. The Kier molecular flexibility index (Phi) is 2.28. The van der Waals surface area contributed by atoms with Crippen LogP contribution in [0.15, 0.2) is 30.3 Å². The number of hydrogen-bond donors (Lipinski definition) is 1. The fourth-order valence-corrected chi connectivity index (χ4v) is 1.99. The molecular weight excluding hydrogens is 174 g/mol. The second kappa shape index (κ2) is 3.45. The Labute approximate surface area is 84.3 Å². The molecule has 1 aromatic rings. The van der Waals surface area contributed by atoms with E-state index in [1.54, 1.807) is 0 Å². The van der Waals surface area contributed by atoms with E-state index in [1.807, 2.05) is 25.1 Å². The van der Waals surface area contributed by atoms with Crippen LogP contribution >= 0.6 is 0 Å². The van der Waals surface area contributed by atoms with Gasteiger partial charge in [-0.05, 0) is 18.4 Å². The Bertz CT molecular complexity index is 333. The van der Waals surface area contributed by atoms with Crippen molar-refractivity contribution in [1.29, 1.82) is 0 Å². The average molecular weight is 189 g/mol. The van der Waals surface area contributed by atoms with E-state index < -0.39 is 0 Å². The topological polar surface area (TPSA) is 29.1 Å². The SMILES string of the molecule is CC1(Cc2ccccc2)CCNC1=O. The van der Waals surface area contributed by atoms with Crippen LogP contribution in [0.2, 0.25) is 0 Å². The molecule has 1 saturated heterocycles. The molecule has 2 rings (SSSR count). The predicted molar refractivity (Wildman–Crippen MR) is 55.9 cm³/mol. The molecule has 0 aromatic heterocycles. The number of carbonyl (C=O) groups is 1. The highest BCUT2D eigenvalue weighted by Gasteiger charge is 2.37. The minimum atomic E-state index is -0.193. The fourth-order valence-electron chi connectivity index (χ4n) is 1.99. The first kappa shape index (κ1) is 9.25. The third kappa shape index (κ3) is 1.65. The molecule has 1 heterocycles. The minimum Gasteiger partial charge on any atom is -0.356 e. The van der Waals surface area contributed by atoms with Gasteiger partial charge in [0.15, 0.2) is 0 Å². The van der Waals surface area contributed by atoms with E-state index in [2.05, 4.69) is 17.4 Å². The zero-order valence-corrected chi connectivity index (χ0v) is 8.42. The smallest absolute Gasteiger partial charge is 0.226 e. The van der Waals surface area contributed by atoms with E-state index in [9.17, 15) is 4.79 Å². The highest BCUT2D eigenvalue weighted by molar-refractivity contribution is 5.84. The molecule has 74 valence electrons. The van der Waals surface area contributed by atoms with Crippen molar-refractivity contribution in [3.8, 4) is 0 Å². The van der Waals surface area contributed by atoms with Crippen LogP contribution in [0.1, 0.15) is 18.9 Å². The molecule has 1 atom stereocenters. The minimum absolute atomic E-state index is 0.193. The molecule has 0 radical (unpaired) electrons. The third-order valence-electron chi connectivity index (χ3n) is 2.95. The monoisotopic (exact) mass is 189 g/mol. The third-order valence-corrected chi connectivity index (χ3v) is 2.95. The van der Waals surface area contributed by atoms with Crippen LogP contribution < -0.4 is 5.32 Å². The molecule has 2 nitrogen and oxygen atoms in total. The lowest BCUT2D eigenvalue weighted by molar-refractivity contribution is -0.126. The van der Waals surface area contributed by atoms with Gasteiger partial charge in [0, 0.05) is 6.54 Å². The Hall–Kier alpha value is -1.31. The Balaban J connectivity index is 2.14. The van der Waals surface area contributed by atoms with Gasteiger partial charge in [0.25, 0.3) is 0 Å². The molecule has 0 bridgehead atoms. The maximum Gasteiger partial charge on any atom is 0.226 e. The van der Waals surface area contributed by atoms with Gasteiger partial charge in [0.2, 0.25) is 5.91 Å². The summed E-state index contributed by atoms with van der Waals surface area (Å²) >= 11 is 0. The Morgan fingerprint density at radius 3 is 2.64 bits per heavy atom. The van der Waals surface area contributed by atoms with Crippen molar-refractivity contribution < 1.29 is 4.79 Å². The van der Waals surface area contributed by atoms with Gasteiger partial charge in [-0.25, -0.2) is 0 Å². The largest absolute Gasteiger partial charge is 0.356 e. The van der Waals surface area contributed by atoms with E-state index in [-0.39, 0.29) is 11.3 Å². The molecule has 0 saturated carbocycles. The summed E-state index contributed by atoms with van der Waals surface area (Å²) in [6.07, 6.45) is 1.79. The zero-order valence-electron chi connectivity index (χ0n) is 8.42. The van der Waals surface area contributed by atoms with Crippen LogP contribution in [0, 0.1) is 5.41 Å². The highest BCUT2D eigenvalue weighted by Crippen LogP contribution is 2.30. The van der Waals surface area contributed by atoms with Crippen molar-refractivity contribution in [3.63, 3.8) is 0 Å². The van der Waals surface area contributed by atoms with E-state index >= 15 is 0 Å². The highest BCUT2D eigenvalue weighted by atomic mass is 16.2. The number of carbonyl (C=O) groups excluding carboxylic acids is 1. The summed E-state index contributed by atoms with van der Waals surface area (Å²) in [6.45, 7) is 2.87. The first-order valence-electron chi connectivity index (χ1n) is 5.03. The summed E-state index contributed by atoms with van der Waals surface area (Å²) in [4.78, 5) is 11.6. The lowest BCUT2D eigenvalue weighted by atomic mass is 9.82. The summed E-state index contributed by atoms with van der Waals surface area (Å²) < 4.78 is 0. The van der Waals surface area contributed by atoms with Crippen LogP contribution in [0.3, 0.4) is 0 Å². The number of nitrogens with one attached hydrogen (secondary N) is 1. The molecule has 1 unspecified atom stereocenters. The van der Waals surface area contributed by atoms with E-state index in [1.165, 1.54) is 5.56 Å². The molecular formula is C12H15NO. The number of amides is 1.